The number of hydrogen-bond acceptors (Lipinski definition) is 3. The van der Waals surface area contributed by atoms with E-state index >= 15 is 0 Å². The van der Waals surface area contributed by atoms with E-state index in [-0.39, 0.29) is 5.56 Å². The van der Waals surface area contributed by atoms with Crippen LogP contribution in [0.25, 0.3) is 0 Å². The quantitative estimate of drug-likeness (QED) is 0.828. The first kappa shape index (κ1) is 16.2. The van der Waals surface area contributed by atoms with Crippen LogP contribution < -0.4 is 10.2 Å². The van der Waals surface area contributed by atoms with Gasteiger partial charge < -0.3 is 10.4 Å². The smallest absolute Gasteiger partial charge is 0.337 e. The Morgan fingerprint density at radius 1 is 1.35 bits per heavy atom. The highest BCUT2D eigenvalue weighted by Crippen LogP contribution is 2.18. The molecule has 0 aliphatic rings. The summed E-state index contributed by atoms with van der Waals surface area (Å²) in [5, 5.41) is 11.7. The van der Waals surface area contributed by atoms with Crippen LogP contribution in [-0.4, -0.2) is 46.4 Å². The molecule has 1 unspecified atom stereocenters. The molecule has 0 aromatic heterocycles. The van der Waals surface area contributed by atoms with Crippen LogP contribution in [0, 0.1) is 0 Å². The van der Waals surface area contributed by atoms with Gasteiger partial charge in [-0.05, 0) is 12.1 Å². The number of carbonyl (C=O) groups is 2. The number of carboxylic acid groups (broad SMARTS) is 1. The maximum atomic E-state index is 11.9. The molecule has 6 nitrogen and oxygen atoms in total. The molecule has 0 fully saturated rings. The highest BCUT2D eigenvalue weighted by Gasteiger charge is 2.17. The first-order chi connectivity index (χ1) is 9.47. The van der Waals surface area contributed by atoms with Crippen LogP contribution >= 0.6 is 0 Å². The molecule has 1 rings (SSSR count). The first-order valence-corrected chi connectivity index (χ1v) is 7.65. The standard InChI is InChI=1S/C13H18N2O4S/c1-3-20(19)9-8-14-13(18)15(2)11-7-5-4-6-10(11)12(16)17/h4-7H,3,8-9H2,1-2H3,(H,14,18)(H,16,17). The molecule has 0 spiro atoms. The minimum absolute atomic E-state index is 0.0577. The van der Waals surface area contributed by atoms with Crippen molar-refractivity contribution in [1.29, 1.82) is 0 Å². The van der Waals surface area contributed by atoms with Crippen molar-refractivity contribution in [3.63, 3.8) is 0 Å². The van der Waals surface area contributed by atoms with Crippen molar-refractivity contribution in [2.45, 2.75) is 6.92 Å². The maximum Gasteiger partial charge on any atom is 0.337 e. The van der Waals surface area contributed by atoms with Crippen LogP contribution in [-0.2, 0) is 10.8 Å². The van der Waals surface area contributed by atoms with E-state index in [1.165, 1.54) is 18.0 Å². The van der Waals surface area contributed by atoms with Gasteiger partial charge in [0.05, 0.1) is 11.3 Å². The molecule has 1 aromatic rings. The monoisotopic (exact) mass is 298 g/mol. The second-order valence-corrected chi connectivity index (χ2v) is 5.91. The number of amides is 2. The van der Waals surface area contributed by atoms with Crippen molar-refractivity contribution in [3.8, 4) is 0 Å². The SMILES string of the molecule is CCS(=O)CCNC(=O)N(C)c1ccccc1C(=O)O. The van der Waals surface area contributed by atoms with E-state index in [1.807, 2.05) is 6.92 Å². The lowest BCUT2D eigenvalue weighted by Gasteiger charge is -2.19. The van der Waals surface area contributed by atoms with Crippen molar-refractivity contribution in [2.24, 2.45) is 0 Å². The van der Waals surface area contributed by atoms with E-state index in [9.17, 15) is 13.8 Å². The van der Waals surface area contributed by atoms with Gasteiger partial charge >= 0.3 is 12.0 Å². The second kappa shape index (κ2) is 7.64. The summed E-state index contributed by atoms with van der Waals surface area (Å²) >= 11 is 0. The van der Waals surface area contributed by atoms with Crippen molar-refractivity contribution >= 4 is 28.5 Å². The van der Waals surface area contributed by atoms with Crippen LogP contribution in [0.5, 0.6) is 0 Å². The molecule has 0 saturated carbocycles. The normalized spacial score (nSPS) is 11.7. The predicted molar refractivity (Wildman–Crippen MR) is 78.8 cm³/mol. The molecule has 0 bridgehead atoms. The van der Waals surface area contributed by atoms with Crippen molar-refractivity contribution in [2.75, 3.05) is 30.0 Å². The number of carboxylic acids is 1. The fourth-order valence-electron chi connectivity index (χ4n) is 1.59. The first-order valence-electron chi connectivity index (χ1n) is 6.16. The van der Waals surface area contributed by atoms with Crippen LogP contribution in [0.3, 0.4) is 0 Å². The summed E-state index contributed by atoms with van der Waals surface area (Å²) in [5.41, 5.74) is 0.372. The van der Waals surface area contributed by atoms with Crippen molar-refractivity contribution in [3.05, 3.63) is 29.8 Å². The van der Waals surface area contributed by atoms with Crippen LogP contribution in [0.4, 0.5) is 10.5 Å². The molecule has 2 N–H and O–H groups in total. The van der Waals surface area contributed by atoms with E-state index in [0.29, 0.717) is 23.7 Å². The fourth-order valence-corrected chi connectivity index (χ4v) is 2.21. The molecule has 2 amide bonds. The minimum atomic E-state index is -1.09. The Hall–Kier alpha value is -1.89. The lowest BCUT2D eigenvalue weighted by Crippen LogP contribution is -2.39. The summed E-state index contributed by atoms with van der Waals surface area (Å²) in [5.74, 6) is -0.156. The van der Waals surface area contributed by atoms with Gasteiger partial charge in [0.1, 0.15) is 0 Å². The molecule has 0 heterocycles. The third-order valence-electron chi connectivity index (χ3n) is 2.73. The average Bonchev–Trinajstić information content (AvgIpc) is 2.45. The van der Waals surface area contributed by atoms with Gasteiger partial charge in [-0.25, -0.2) is 9.59 Å². The number of nitrogens with one attached hydrogen (secondary N) is 1. The Balaban J connectivity index is 2.70. The number of benzene rings is 1. The van der Waals surface area contributed by atoms with Gasteiger partial charge in [-0.2, -0.15) is 0 Å². The number of hydrogen-bond donors (Lipinski definition) is 2. The molecule has 1 atom stereocenters. The van der Waals surface area contributed by atoms with Gasteiger partial charge in [-0.3, -0.25) is 9.11 Å². The summed E-state index contributed by atoms with van der Waals surface area (Å²) in [4.78, 5) is 24.2. The molecule has 0 radical (unpaired) electrons. The number of rotatable bonds is 6. The van der Waals surface area contributed by atoms with Gasteiger partial charge in [0.25, 0.3) is 0 Å². The van der Waals surface area contributed by atoms with Gasteiger partial charge in [-0.15, -0.1) is 0 Å². The molecule has 0 saturated heterocycles. The summed E-state index contributed by atoms with van der Waals surface area (Å²) in [6.07, 6.45) is 0. The highest BCUT2D eigenvalue weighted by atomic mass is 32.2. The van der Waals surface area contributed by atoms with E-state index in [1.54, 1.807) is 18.2 Å². The fraction of sp³-hybridized carbons (Fsp3) is 0.385. The number of para-hydroxylation sites is 1. The summed E-state index contributed by atoms with van der Waals surface area (Å²) in [6.45, 7) is 2.10. The molecule has 1 aromatic carbocycles. The molecular weight excluding hydrogens is 280 g/mol. The van der Waals surface area contributed by atoms with Gasteiger partial charge in [0.2, 0.25) is 0 Å². The largest absolute Gasteiger partial charge is 0.478 e. The van der Waals surface area contributed by atoms with Crippen LogP contribution in [0.15, 0.2) is 24.3 Å². The number of aromatic carboxylic acids is 1. The topological polar surface area (TPSA) is 86.7 Å². The Morgan fingerprint density at radius 3 is 2.60 bits per heavy atom. The molecular formula is C13H18N2O4S. The summed E-state index contributed by atoms with van der Waals surface area (Å²) in [6, 6.07) is 5.84. The molecule has 20 heavy (non-hydrogen) atoms. The Labute approximate surface area is 120 Å². The van der Waals surface area contributed by atoms with Gasteiger partial charge in [-0.1, -0.05) is 19.1 Å². The Bertz CT molecular complexity index is 519. The number of nitrogens with zero attached hydrogens (tertiary/aromatic N) is 1. The van der Waals surface area contributed by atoms with E-state index in [2.05, 4.69) is 5.32 Å². The highest BCUT2D eigenvalue weighted by molar-refractivity contribution is 7.84. The zero-order valence-electron chi connectivity index (χ0n) is 11.5. The summed E-state index contributed by atoms with van der Waals surface area (Å²) in [7, 11) is 0.554. The molecule has 7 heteroatoms. The molecule has 0 aliphatic carbocycles. The lowest BCUT2D eigenvalue weighted by atomic mass is 10.1. The number of anilines is 1. The maximum absolute atomic E-state index is 11.9. The average molecular weight is 298 g/mol. The van der Waals surface area contributed by atoms with Crippen LogP contribution in [0.1, 0.15) is 17.3 Å². The zero-order valence-corrected chi connectivity index (χ0v) is 12.3. The van der Waals surface area contributed by atoms with Gasteiger partial charge in [0.15, 0.2) is 0 Å². The van der Waals surface area contributed by atoms with Crippen LogP contribution in [0.2, 0.25) is 0 Å². The summed E-state index contributed by atoms with van der Waals surface area (Å²) < 4.78 is 11.2. The number of carbonyl (C=O) groups excluding carboxylic acids is 1. The van der Waals surface area contributed by atoms with E-state index in [0.717, 1.165) is 0 Å². The lowest BCUT2D eigenvalue weighted by molar-refractivity contribution is 0.0697. The van der Waals surface area contributed by atoms with E-state index in [4.69, 9.17) is 5.11 Å². The second-order valence-electron chi connectivity index (χ2n) is 4.05. The third-order valence-corrected chi connectivity index (χ3v) is 4.03. The van der Waals surface area contributed by atoms with Crippen molar-refractivity contribution < 1.29 is 18.9 Å². The third kappa shape index (κ3) is 4.34. The molecule has 0 aliphatic heterocycles. The van der Waals surface area contributed by atoms with E-state index < -0.39 is 22.8 Å². The Morgan fingerprint density at radius 2 is 2.00 bits per heavy atom. The van der Waals surface area contributed by atoms with Crippen molar-refractivity contribution in [1.82, 2.24) is 5.32 Å². The predicted octanol–water partition coefficient (Wildman–Crippen LogP) is 1.30. The van der Waals surface area contributed by atoms with Gasteiger partial charge in [0, 0.05) is 35.9 Å². The zero-order chi connectivity index (χ0) is 15.1. The Kier molecular flexibility index (Phi) is 6.17. The minimum Gasteiger partial charge on any atom is -0.478 e. The molecule has 110 valence electrons. The number of urea groups is 1.